The van der Waals surface area contributed by atoms with E-state index in [0.717, 1.165) is 19.2 Å². The van der Waals surface area contributed by atoms with Gasteiger partial charge in [0.2, 0.25) is 0 Å². The van der Waals surface area contributed by atoms with Gasteiger partial charge in [0.15, 0.2) is 0 Å². The average Bonchev–Trinajstić information content (AvgIpc) is 3.05. The van der Waals surface area contributed by atoms with Gasteiger partial charge in [-0.15, -0.1) is 0 Å². The van der Waals surface area contributed by atoms with Gasteiger partial charge in [-0.05, 0) is 49.5 Å². The number of halogens is 4. The van der Waals surface area contributed by atoms with E-state index in [1.165, 1.54) is 24.3 Å². The lowest BCUT2D eigenvalue weighted by Gasteiger charge is -2.20. The number of anilines is 3. The highest BCUT2D eigenvalue weighted by Gasteiger charge is 2.34. The minimum absolute atomic E-state index is 0.0275. The highest BCUT2D eigenvalue weighted by molar-refractivity contribution is 6.31. The molecular weight excluding hydrogens is 424 g/mol. The van der Waals surface area contributed by atoms with Gasteiger partial charge in [0.25, 0.3) is 5.91 Å². The van der Waals surface area contributed by atoms with Gasteiger partial charge in [-0.2, -0.15) is 13.2 Å². The number of amides is 1. The first kappa shape index (κ1) is 23.6. The molecule has 5 nitrogen and oxygen atoms in total. The summed E-state index contributed by atoms with van der Waals surface area (Å²) in [5.74, 6) is -0.843. The smallest absolute Gasteiger partial charge is 0.383 e. The van der Waals surface area contributed by atoms with E-state index in [0.29, 0.717) is 29.9 Å². The highest BCUT2D eigenvalue weighted by Crippen LogP contribution is 2.37. The summed E-state index contributed by atoms with van der Waals surface area (Å²) in [5.41, 5.74) is 0.830. The zero-order chi connectivity index (χ0) is 23.3. The van der Waals surface area contributed by atoms with Crippen LogP contribution in [-0.2, 0) is 11.0 Å². The van der Waals surface area contributed by atoms with Crippen molar-refractivity contribution in [2.75, 3.05) is 48.7 Å². The van der Waals surface area contributed by atoms with Crippen LogP contribution in [0.2, 0.25) is 0 Å². The Kier molecular flexibility index (Phi) is 7.40. The standard InChI is InChI=1S/C23H26F4N4O/c1-3-31(4-2)12-11-29-20-8-6-16(14-19(20)23(25,26)27)28-10-9-18-17-7-5-15(24)13-21(17)30-22(18)32/h5-9,13-14,28-29H,3-4,10-12H2,1-2H3,(H,30,32). The van der Waals surface area contributed by atoms with Crippen molar-refractivity contribution in [2.45, 2.75) is 20.0 Å². The van der Waals surface area contributed by atoms with E-state index in [-0.39, 0.29) is 23.8 Å². The predicted molar refractivity (Wildman–Crippen MR) is 119 cm³/mol. The van der Waals surface area contributed by atoms with Gasteiger partial charge in [-0.1, -0.05) is 19.9 Å². The Bertz CT molecular complexity index is 1000. The Morgan fingerprint density at radius 3 is 2.50 bits per heavy atom. The quantitative estimate of drug-likeness (QED) is 0.370. The van der Waals surface area contributed by atoms with Crippen molar-refractivity contribution in [3.8, 4) is 0 Å². The molecule has 1 aliphatic heterocycles. The van der Waals surface area contributed by atoms with Gasteiger partial charge < -0.3 is 20.9 Å². The summed E-state index contributed by atoms with van der Waals surface area (Å²) < 4.78 is 54.1. The Labute approximate surface area is 184 Å². The topological polar surface area (TPSA) is 56.4 Å². The van der Waals surface area contributed by atoms with Crippen LogP contribution in [0.15, 0.2) is 42.5 Å². The molecule has 1 heterocycles. The molecule has 0 spiro atoms. The number of alkyl halides is 3. The van der Waals surface area contributed by atoms with Crippen LogP contribution in [0.5, 0.6) is 0 Å². The first-order valence-electron chi connectivity index (χ1n) is 10.5. The van der Waals surface area contributed by atoms with E-state index in [4.69, 9.17) is 0 Å². The second-order valence-corrected chi connectivity index (χ2v) is 7.35. The van der Waals surface area contributed by atoms with E-state index in [1.807, 2.05) is 13.8 Å². The fourth-order valence-corrected chi connectivity index (χ4v) is 3.57. The van der Waals surface area contributed by atoms with Gasteiger partial charge in [-0.3, -0.25) is 4.79 Å². The molecule has 0 atom stereocenters. The number of nitrogens with zero attached hydrogens (tertiary/aromatic N) is 1. The van der Waals surface area contributed by atoms with Crippen molar-refractivity contribution in [1.82, 2.24) is 4.90 Å². The van der Waals surface area contributed by atoms with E-state index < -0.39 is 17.6 Å². The zero-order valence-electron chi connectivity index (χ0n) is 17.9. The van der Waals surface area contributed by atoms with Crippen LogP contribution < -0.4 is 16.0 Å². The van der Waals surface area contributed by atoms with Gasteiger partial charge in [0, 0.05) is 42.1 Å². The van der Waals surface area contributed by atoms with E-state index in [9.17, 15) is 22.4 Å². The second kappa shape index (κ2) is 10.0. The molecule has 0 fully saturated rings. The van der Waals surface area contributed by atoms with Gasteiger partial charge >= 0.3 is 6.18 Å². The first-order valence-corrected chi connectivity index (χ1v) is 10.5. The third kappa shape index (κ3) is 5.59. The molecule has 0 radical (unpaired) electrons. The number of likely N-dealkylation sites (N-methyl/N-ethyl adjacent to an activating group) is 1. The summed E-state index contributed by atoms with van der Waals surface area (Å²) in [6.45, 7) is 6.86. The minimum Gasteiger partial charge on any atom is -0.383 e. The number of benzene rings is 2. The lowest BCUT2D eigenvalue weighted by Crippen LogP contribution is -2.29. The lowest BCUT2D eigenvalue weighted by atomic mass is 10.1. The minimum atomic E-state index is -4.51. The molecule has 0 saturated heterocycles. The van der Waals surface area contributed by atoms with Crippen LogP contribution in [0.25, 0.3) is 5.57 Å². The maximum atomic E-state index is 13.6. The number of hydrogen-bond acceptors (Lipinski definition) is 4. The number of carbonyl (C=O) groups excluding carboxylic acids is 1. The van der Waals surface area contributed by atoms with Crippen LogP contribution >= 0.6 is 0 Å². The molecule has 32 heavy (non-hydrogen) atoms. The van der Waals surface area contributed by atoms with Crippen molar-refractivity contribution >= 4 is 28.5 Å². The lowest BCUT2D eigenvalue weighted by molar-refractivity contribution is -0.136. The van der Waals surface area contributed by atoms with Crippen LogP contribution in [0.4, 0.5) is 34.6 Å². The predicted octanol–water partition coefficient (Wildman–Crippen LogP) is 5.05. The largest absolute Gasteiger partial charge is 0.418 e. The summed E-state index contributed by atoms with van der Waals surface area (Å²) in [6, 6.07) is 7.99. The molecule has 0 unspecified atom stereocenters. The van der Waals surface area contributed by atoms with Crippen molar-refractivity contribution < 1.29 is 22.4 Å². The van der Waals surface area contributed by atoms with Gasteiger partial charge in [0.1, 0.15) is 5.82 Å². The van der Waals surface area contributed by atoms with Crippen molar-refractivity contribution in [1.29, 1.82) is 0 Å². The monoisotopic (exact) mass is 450 g/mol. The summed E-state index contributed by atoms with van der Waals surface area (Å²) in [4.78, 5) is 14.2. The number of carbonyl (C=O) groups is 1. The molecular formula is C23H26F4N4O. The molecule has 0 aliphatic carbocycles. The molecule has 2 aromatic carbocycles. The normalized spacial score (nSPS) is 14.6. The summed E-state index contributed by atoms with van der Waals surface area (Å²) >= 11 is 0. The number of hydrogen-bond donors (Lipinski definition) is 3. The van der Waals surface area contributed by atoms with Crippen molar-refractivity contribution in [2.24, 2.45) is 0 Å². The maximum absolute atomic E-state index is 13.6. The summed E-state index contributed by atoms with van der Waals surface area (Å²) in [6.07, 6.45) is -2.94. The molecule has 1 amide bonds. The maximum Gasteiger partial charge on any atom is 0.418 e. The Hall–Kier alpha value is -3.07. The Morgan fingerprint density at radius 1 is 1.06 bits per heavy atom. The molecule has 0 aromatic heterocycles. The molecule has 3 N–H and O–H groups in total. The fourth-order valence-electron chi connectivity index (χ4n) is 3.57. The van der Waals surface area contributed by atoms with E-state index in [2.05, 4.69) is 20.9 Å². The van der Waals surface area contributed by atoms with Crippen LogP contribution in [0, 0.1) is 5.82 Å². The third-order valence-corrected chi connectivity index (χ3v) is 5.34. The number of nitrogens with one attached hydrogen (secondary N) is 3. The molecule has 172 valence electrons. The Morgan fingerprint density at radius 2 is 1.81 bits per heavy atom. The molecule has 2 aromatic rings. The van der Waals surface area contributed by atoms with Crippen LogP contribution in [0.1, 0.15) is 25.0 Å². The van der Waals surface area contributed by atoms with E-state index in [1.54, 1.807) is 12.1 Å². The second-order valence-electron chi connectivity index (χ2n) is 7.35. The van der Waals surface area contributed by atoms with Crippen molar-refractivity contribution in [3.05, 3.63) is 59.4 Å². The molecule has 0 saturated carbocycles. The summed E-state index contributed by atoms with van der Waals surface area (Å²) in [5, 5.41) is 8.36. The van der Waals surface area contributed by atoms with Crippen LogP contribution in [0.3, 0.4) is 0 Å². The Balaban J connectivity index is 1.70. The first-order chi connectivity index (χ1) is 15.2. The number of fused-ring (bicyclic) bond motifs is 1. The molecule has 3 rings (SSSR count). The van der Waals surface area contributed by atoms with Crippen LogP contribution in [-0.4, -0.2) is 43.5 Å². The van der Waals surface area contributed by atoms with Crippen molar-refractivity contribution in [3.63, 3.8) is 0 Å². The average molecular weight is 450 g/mol. The molecule has 9 heteroatoms. The molecule has 1 aliphatic rings. The third-order valence-electron chi connectivity index (χ3n) is 5.34. The van der Waals surface area contributed by atoms with E-state index >= 15 is 0 Å². The van der Waals surface area contributed by atoms with Gasteiger partial charge in [0.05, 0.1) is 11.3 Å². The SMILES string of the molecule is CCN(CC)CCNc1ccc(NCC=C2C(=O)Nc3cc(F)ccc32)cc1C(F)(F)F. The highest BCUT2D eigenvalue weighted by atomic mass is 19.4. The zero-order valence-corrected chi connectivity index (χ0v) is 17.9. The number of rotatable bonds is 9. The van der Waals surface area contributed by atoms with Gasteiger partial charge in [-0.25, -0.2) is 4.39 Å². The summed E-state index contributed by atoms with van der Waals surface area (Å²) in [7, 11) is 0. The molecule has 0 bridgehead atoms. The fraction of sp³-hybridized carbons (Fsp3) is 0.348.